The summed E-state index contributed by atoms with van der Waals surface area (Å²) in [6.07, 6.45) is 1.22. The van der Waals surface area contributed by atoms with Gasteiger partial charge in [-0.05, 0) is 25.6 Å². The Morgan fingerprint density at radius 1 is 1.00 bits per heavy atom. The minimum Gasteiger partial charge on any atom is -0.492 e. The molecule has 3 rings (SSSR count). The van der Waals surface area contributed by atoms with Crippen molar-refractivity contribution < 1.29 is 9.47 Å². The maximum absolute atomic E-state index is 6.09. The molecule has 1 aromatic carbocycles. The third kappa shape index (κ3) is 5.46. The average Bonchev–Trinajstić information content (AvgIpc) is 2.86. The highest BCUT2D eigenvalue weighted by molar-refractivity contribution is 5.33. The smallest absolute Gasteiger partial charge is 0.123 e. The predicted molar refractivity (Wildman–Crippen MR) is 92.0 cm³/mol. The van der Waals surface area contributed by atoms with Gasteiger partial charge in [0.1, 0.15) is 12.4 Å². The summed E-state index contributed by atoms with van der Waals surface area (Å²) in [6.45, 7) is 10.9. The van der Waals surface area contributed by atoms with Gasteiger partial charge in [-0.25, -0.2) is 0 Å². The lowest BCUT2D eigenvalue weighted by atomic mass is 10.2. The summed E-state index contributed by atoms with van der Waals surface area (Å²) < 4.78 is 11.5. The molecule has 23 heavy (non-hydrogen) atoms. The van der Waals surface area contributed by atoms with Crippen LogP contribution in [0.3, 0.4) is 0 Å². The fourth-order valence-corrected chi connectivity index (χ4v) is 3.19. The first kappa shape index (κ1) is 16.7. The monoisotopic (exact) mass is 319 g/mol. The first-order valence-corrected chi connectivity index (χ1v) is 8.86. The topological polar surface area (TPSA) is 37.0 Å². The SMILES string of the molecule is c1ccc(OCCN2CCOCC2)c(CN2CCCNCC2)c1. The number of nitrogens with zero attached hydrogens (tertiary/aromatic N) is 2. The van der Waals surface area contributed by atoms with Gasteiger partial charge in [-0.2, -0.15) is 0 Å². The molecular formula is C18H29N3O2. The summed E-state index contributed by atoms with van der Waals surface area (Å²) in [5.74, 6) is 1.04. The molecule has 0 radical (unpaired) electrons. The zero-order valence-corrected chi connectivity index (χ0v) is 14.0. The number of para-hydroxylation sites is 1. The number of morpholine rings is 1. The van der Waals surface area contributed by atoms with Gasteiger partial charge in [0.2, 0.25) is 0 Å². The van der Waals surface area contributed by atoms with Crippen LogP contribution in [0.15, 0.2) is 24.3 Å². The second kappa shape index (κ2) is 9.23. The Bertz CT molecular complexity index is 455. The lowest BCUT2D eigenvalue weighted by Crippen LogP contribution is -2.38. The van der Waals surface area contributed by atoms with E-state index < -0.39 is 0 Å². The molecule has 0 spiro atoms. The molecule has 0 aliphatic carbocycles. The maximum Gasteiger partial charge on any atom is 0.123 e. The van der Waals surface area contributed by atoms with E-state index in [-0.39, 0.29) is 0 Å². The van der Waals surface area contributed by atoms with Gasteiger partial charge in [-0.3, -0.25) is 9.80 Å². The molecule has 2 saturated heterocycles. The first-order valence-electron chi connectivity index (χ1n) is 8.86. The number of hydrogen-bond acceptors (Lipinski definition) is 5. The molecule has 2 fully saturated rings. The van der Waals surface area contributed by atoms with Gasteiger partial charge < -0.3 is 14.8 Å². The van der Waals surface area contributed by atoms with Crippen molar-refractivity contribution in [1.29, 1.82) is 0 Å². The highest BCUT2D eigenvalue weighted by atomic mass is 16.5. The zero-order chi connectivity index (χ0) is 15.7. The highest BCUT2D eigenvalue weighted by Gasteiger charge is 2.13. The maximum atomic E-state index is 6.09. The molecule has 0 bridgehead atoms. The molecule has 0 atom stereocenters. The molecule has 5 heteroatoms. The Kier molecular flexibility index (Phi) is 6.70. The van der Waals surface area contributed by atoms with E-state index in [1.165, 1.54) is 12.0 Å². The van der Waals surface area contributed by atoms with Crippen molar-refractivity contribution in [1.82, 2.24) is 15.1 Å². The molecule has 5 nitrogen and oxygen atoms in total. The normalized spacial score (nSPS) is 21.0. The summed E-state index contributed by atoms with van der Waals surface area (Å²) in [5, 5.41) is 3.46. The fourth-order valence-electron chi connectivity index (χ4n) is 3.19. The lowest BCUT2D eigenvalue weighted by Gasteiger charge is -2.26. The van der Waals surface area contributed by atoms with E-state index in [2.05, 4.69) is 39.4 Å². The third-order valence-electron chi connectivity index (χ3n) is 4.57. The van der Waals surface area contributed by atoms with Crippen molar-refractivity contribution in [3.63, 3.8) is 0 Å². The summed E-state index contributed by atoms with van der Waals surface area (Å²) in [7, 11) is 0. The van der Waals surface area contributed by atoms with Gasteiger partial charge in [-0.15, -0.1) is 0 Å². The van der Waals surface area contributed by atoms with Gasteiger partial charge in [0, 0.05) is 44.8 Å². The molecule has 2 heterocycles. The van der Waals surface area contributed by atoms with Crippen LogP contribution >= 0.6 is 0 Å². The molecule has 0 saturated carbocycles. The first-order chi connectivity index (χ1) is 11.4. The van der Waals surface area contributed by atoms with Crippen LogP contribution in [0.25, 0.3) is 0 Å². The van der Waals surface area contributed by atoms with Crippen LogP contribution in [0.4, 0.5) is 0 Å². The van der Waals surface area contributed by atoms with Crippen LogP contribution in [0.5, 0.6) is 5.75 Å². The van der Waals surface area contributed by atoms with Gasteiger partial charge >= 0.3 is 0 Å². The van der Waals surface area contributed by atoms with Gasteiger partial charge in [-0.1, -0.05) is 18.2 Å². The predicted octanol–water partition coefficient (Wildman–Crippen LogP) is 1.19. The molecule has 1 N–H and O–H groups in total. The Hall–Kier alpha value is -1.14. The minimum atomic E-state index is 0.749. The van der Waals surface area contributed by atoms with E-state index in [0.29, 0.717) is 0 Å². The van der Waals surface area contributed by atoms with E-state index in [9.17, 15) is 0 Å². The number of benzene rings is 1. The third-order valence-corrected chi connectivity index (χ3v) is 4.57. The number of hydrogen-bond donors (Lipinski definition) is 1. The van der Waals surface area contributed by atoms with Crippen LogP contribution in [-0.2, 0) is 11.3 Å². The summed E-state index contributed by atoms with van der Waals surface area (Å²) in [5.41, 5.74) is 1.30. The molecule has 0 unspecified atom stereocenters. The zero-order valence-electron chi connectivity index (χ0n) is 14.0. The van der Waals surface area contributed by atoms with Crippen molar-refractivity contribution in [2.75, 3.05) is 65.6 Å². The molecule has 0 aromatic heterocycles. The van der Waals surface area contributed by atoms with Crippen LogP contribution in [0.2, 0.25) is 0 Å². The summed E-state index contributed by atoms with van der Waals surface area (Å²) in [4.78, 5) is 4.93. The van der Waals surface area contributed by atoms with E-state index >= 15 is 0 Å². The van der Waals surface area contributed by atoms with Gasteiger partial charge in [0.05, 0.1) is 13.2 Å². The van der Waals surface area contributed by atoms with Gasteiger partial charge in [0.25, 0.3) is 0 Å². The van der Waals surface area contributed by atoms with Crippen LogP contribution < -0.4 is 10.1 Å². The molecule has 1 aromatic rings. The average molecular weight is 319 g/mol. The minimum absolute atomic E-state index is 0.749. The Morgan fingerprint density at radius 3 is 2.78 bits per heavy atom. The Labute approximate surface area is 139 Å². The van der Waals surface area contributed by atoms with Crippen molar-refractivity contribution in [3.8, 4) is 5.75 Å². The number of rotatable bonds is 6. The Morgan fingerprint density at radius 2 is 1.87 bits per heavy atom. The summed E-state index contributed by atoms with van der Waals surface area (Å²) >= 11 is 0. The van der Waals surface area contributed by atoms with E-state index in [1.54, 1.807) is 0 Å². The second-order valence-electron chi connectivity index (χ2n) is 6.29. The van der Waals surface area contributed by atoms with E-state index in [1.807, 2.05) is 0 Å². The quantitative estimate of drug-likeness (QED) is 0.852. The van der Waals surface area contributed by atoms with Crippen LogP contribution in [0, 0.1) is 0 Å². The van der Waals surface area contributed by atoms with Gasteiger partial charge in [0.15, 0.2) is 0 Å². The van der Waals surface area contributed by atoms with Crippen molar-refractivity contribution in [3.05, 3.63) is 29.8 Å². The van der Waals surface area contributed by atoms with E-state index in [4.69, 9.17) is 9.47 Å². The molecular weight excluding hydrogens is 290 g/mol. The van der Waals surface area contributed by atoms with E-state index in [0.717, 1.165) is 77.9 Å². The largest absolute Gasteiger partial charge is 0.492 e. The number of nitrogens with one attached hydrogen (secondary N) is 1. The molecule has 0 amide bonds. The molecule has 2 aliphatic rings. The van der Waals surface area contributed by atoms with Crippen molar-refractivity contribution in [2.45, 2.75) is 13.0 Å². The molecule has 128 valence electrons. The van der Waals surface area contributed by atoms with Crippen molar-refractivity contribution >= 4 is 0 Å². The fraction of sp³-hybridized carbons (Fsp3) is 0.667. The standard InChI is InChI=1S/C18H29N3O2/c1-2-5-18(23-15-12-20-10-13-22-14-11-20)17(4-1)16-21-8-3-6-19-7-9-21/h1-2,4-5,19H,3,6-16H2. The highest BCUT2D eigenvalue weighted by Crippen LogP contribution is 2.20. The number of ether oxygens (including phenoxy) is 2. The lowest BCUT2D eigenvalue weighted by molar-refractivity contribution is 0.0321. The Balaban J connectivity index is 1.50. The van der Waals surface area contributed by atoms with Crippen LogP contribution in [0.1, 0.15) is 12.0 Å². The second-order valence-corrected chi connectivity index (χ2v) is 6.29. The van der Waals surface area contributed by atoms with Crippen molar-refractivity contribution in [2.24, 2.45) is 0 Å². The summed E-state index contributed by atoms with van der Waals surface area (Å²) in [6, 6.07) is 8.48. The molecule has 2 aliphatic heterocycles. The van der Waals surface area contributed by atoms with Crippen LogP contribution in [-0.4, -0.2) is 75.4 Å².